The van der Waals surface area contributed by atoms with Crippen molar-refractivity contribution in [3.05, 3.63) is 83.0 Å². The van der Waals surface area contributed by atoms with Crippen LogP contribution in [0.5, 0.6) is 11.6 Å². The SMILES string of the molecule is CCCN1C(=O)CC(Nc2ccc(Oc3cccc(C(=O)O)n3)cc2)N(Cc2ccc(Cl)cc2)C1=O. The molecule has 3 aromatic rings. The molecule has 2 heterocycles. The molecule has 10 heteroatoms. The molecule has 1 aliphatic heterocycles. The van der Waals surface area contributed by atoms with Gasteiger partial charge >= 0.3 is 12.0 Å². The van der Waals surface area contributed by atoms with Crippen molar-refractivity contribution in [3.8, 4) is 11.6 Å². The number of aromatic nitrogens is 1. The zero-order valence-electron chi connectivity index (χ0n) is 19.6. The standard InChI is InChI=1S/C26H25ClN4O5/c1-2-14-30-24(32)15-22(31(26(30)35)16-17-6-8-18(27)9-7-17)28-19-10-12-20(13-11-19)36-23-5-3-4-21(29-23)25(33)34/h3-13,22,28H,2,14-16H2,1H3,(H,33,34). The van der Waals surface area contributed by atoms with E-state index in [2.05, 4.69) is 10.3 Å². The number of anilines is 1. The molecule has 9 nitrogen and oxygen atoms in total. The second-order valence-electron chi connectivity index (χ2n) is 8.24. The number of nitrogens with zero attached hydrogens (tertiary/aromatic N) is 3. The predicted octanol–water partition coefficient (Wildman–Crippen LogP) is 5.23. The molecule has 1 fully saturated rings. The van der Waals surface area contributed by atoms with Crippen LogP contribution in [0.1, 0.15) is 35.8 Å². The van der Waals surface area contributed by atoms with Crippen LogP contribution in [-0.2, 0) is 11.3 Å². The van der Waals surface area contributed by atoms with Crippen molar-refractivity contribution in [1.29, 1.82) is 0 Å². The summed E-state index contributed by atoms with van der Waals surface area (Å²) in [7, 11) is 0. The van der Waals surface area contributed by atoms with Gasteiger partial charge in [0.15, 0.2) is 5.69 Å². The van der Waals surface area contributed by atoms with E-state index >= 15 is 0 Å². The van der Waals surface area contributed by atoms with Crippen LogP contribution in [0.15, 0.2) is 66.7 Å². The molecule has 2 aromatic carbocycles. The Bertz CT molecular complexity index is 1250. The fraction of sp³-hybridized carbons (Fsp3) is 0.231. The van der Waals surface area contributed by atoms with Crippen molar-refractivity contribution in [1.82, 2.24) is 14.8 Å². The van der Waals surface area contributed by atoms with Crippen molar-refractivity contribution >= 4 is 35.2 Å². The number of rotatable bonds is 9. The number of ether oxygens (including phenoxy) is 1. The Balaban J connectivity index is 1.50. The van der Waals surface area contributed by atoms with Crippen molar-refractivity contribution in [2.45, 2.75) is 32.5 Å². The molecule has 0 spiro atoms. The Kier molecular flexibility index (Phi) is 7.70. The summed E-state index contributed by atoms with van der Waals surface area (Å²) in [4.78, 5) is 43.9. The maximum absolute atomic E-state index is 13.2. The van der Waals surface area contributed by atoms with Crippen molar-refractivity contribution in [3.63, 3.8) is 0 Å². The summed E-state index contributed by atoms with van der Waals surface area (Å²) in [5.41, 5.74) is 1.46. The number of carboxylic acid groups (broad SMARTS) is 1. The second-order valence-corrected chi connectivity index (χ2v) is 8.68. The van der Waals surface area contributed by atoms with E-state index in [0.29, 0.717) is 36.0 Å². The molecule has 36 heavy (non-hydrogen) atoms. The Morgan fingerprint density at radius 3 is 2.50 bits per heavy atom. The Labute approximate surface area is 213 Å². The second kappa shape index (κ2) is 11.1. The van der Waals surface area contributed by atoms with Gasteiger partial charge < -0.3 is 15.2 Å². The molecule has 1 aliphatic rings. The van der Waals surface area contributed by atoms with Gasteiger partial charge in [-0.3, -0.25) is 14.6 Å². The predicted molar refractivity (Wildman–Crippen MR) is 134 cm³/mol. The molecule has 0 saturated carbocycles. The van der Waals surface area contributed by atoms with Gasteiger partial charge in [0, 0.05) is 29.9 Å². The largest absolute Gasteiger partial charge is 0.477 e. The minimum absolute atomic E-state index is 0.115. The topological polar surface area (TPSA) is 112 Å². The number of imide groups is 1. The van der Waals surface area contributed by atoms with E-state index in [4.69, 9.17) is 21.4 Å². The molecule has 1 aromatic heterocycles. The third-order valence-electron chi connectivity index (χ3n) is 5.59. The van der Waals surface area contributed by atoms with E-state index < -0.39 is 12.1 Å². The number of nitrogens with one attached hydrogen (secondary N) is 1. The van der Waals surface area contributed by atoms with Crippen molar-refractivity contribution in [2.75, 3.05) is 11.9 Å². The average molecular weight is 509 g/mol. The van der Waals surface area contributed by atoms with Gasteiger partial charge in [0.25, 0.3) is 0 Å². The van der Waals surface area contributed by atoms with Crippen LogP contribution in [-0.4, -0.2) is 50.5 Å². The zero-order chi connectivity index (χ0) is 25.7. The molecule has 4 rings (SSSR count). The fourth-order valence-corrected chi connectivity index (χ4v) is 3.97. The summed E-state index contributed by atoms with van der Waals surface area (Å²) >= 11 is 6.00. The molecule has 3 amide bonds. The normalized spacial score (nSPS) is 15.7. The van der Waals surface area contributed by atoms with Crippen LogP contribution in [0.2, 0.25) is 5.02 Å². The highest BCUT2D eigenvalue weighted by atomic mass is 35.5. The van der Waals surface area contributed by atoms with Gasteiger partial charge in [-0.05, 0) is 54.4 Å². The van der Waals surface area contributed by atoms with Crippen LogP contribution in [0, 0.1) is 0 Å². The highest BCUT2D eigenvalue weighted by molar-refractivity contribution is 6.30. The Hall–Kier alpha value is -4.11. The van der Waals surface area contributed by atoms with E-state index in [0.717, 1.165) is 5.56 Å². The maximum Gasteiger partial charge on any atom is 0.354 e. The van der Waals surface area contributed by atoms with E-state index in [1.165, 1.54) is 11.0 Å². The fourth-order valence-electron chi connectivity index (χ4n) is 3.84. The number of hydrogen-bond acceptors (Lipinski definition) is 6. The first-order chi connectivity index (χ1) is 17.3. The summed E-state index contributed by atoms with van der Waals surface area (Å²) in [5, 5.41) is 13.0. The first-order valence-electron chi connectivity index (χ1n) is 11.4. The number of carbonyl (C=O) groups is 3. The molecular weight excluding hydrogens is 484 g/mol. The highest BCUT2D eigenvalue weighted by Gasteiger charge is 2.38. The number of carboxylic acids is 1. The summed E-state index contributed by atoms with van der Waals surface area (Å²) < 4.78 is 5.66. The maximum atomic E-state index is 13.2. The van der Waals surface area contributed by atoms with Gasteiger partial charge in [-0.15, -0.1) is 0 Å². The quantitative estimate of drug-likeness (QED) is 0.407. The molecular formula is C26H25ClN4O5. The number of benzene rings is 2. The van der Waals surface area contributed by atoms with Gasteiger partial charge in [0.1, 0.15) is 11.9 Å². The van der Waals surface area contributed by atoms with E-state index in [1.54, 1.807) is 53.4 Å². The first-order valence-corrected chi connectivity index (χ1v) is 11.8. The Morgan fingerprint density at radius 2 is 1.83 bits per heavy atom. The third kappa shape index (κ3) is 5.92. The molecule has 186 valence electrons. The van der Waals surface area contributed by atoms with Gasteiger partial charge in [-0.1, -0.05) is 36.7 Å². The Morgan fingerprint density at radius 1 is 1.11 bits per heavy atom. The summed E-state index contributed by atoms with van der Waals surface area (Å²) in [6.07, 6.45) is 0.258. The minimum atomic E-state index is -1.14. The number of hydrogen-bond donors (Lipinski definition) is 2. The average Bonchev–Trinajstić information content (AvgIpc) is 2.86. The van der Waals surface area contributed by atoms with E-state index in [1.807, 2.05) is 19.1 Å². The highest BCUT2D eigenvalue weighted by Crippen LogP contribution is 2.26. The number of halogens is 1. The number of pyridine rings is 1. The lowest BCUT2D eigenvalue weighted by Gasteiger charge is -2.41. The number of aromatic carboxylic acids is 1. The summed E-state index contributed by atoms with van der Waals surface area (Å²) in [6.45, 7) is 2.60. The smallest absolute Gasteiger partial charge is 0.354 e. The lowest BCUT2D eigenvalue weighted by atomic mass is 10.1. The lowest BCUT2D eigenvalue weighted by molar-refractivity contribution is -0.132. The molecule has 0 bridgehead atoms. The van der Waals surface area contributed by atoms with Crippen molar-refractivity contribution in [2.24, 2.45) is 0 Å². The van der Waals surface area contributed by atoms with Crippen molar-refractivity contribution < 1.29 is 24.2 Å². The van der Waals surface area contributed by atoms with Crippen LogP contribution >= 0.6 is 11.6 Å². The van der Waals surface area contributed by atoms with Gasteiger partial charge in [-0.2, -0.15) is 0 Å². The van der Waals surface area contributed by atoms with Crippen LogP contribution in [0.3, 0.4) is 0 Å². The molecule has 1 unspecified atom stereocenters. The molecule has 0 radical (unpaired) electrons. The summed E-state index contributed by atoms with van der Waals surface area (Å²) in [5.74, 6) is -0.754. The number of carbonyl (C=O) groups excluding carboxylic acids is 2. The number of amides is 3. The van der Waals surface area contributed by atoms with E-state index in [9.17, 15) is 14.4 Å². The van der Waals surface area contributed by atoms with Gasteiger partial charge in [0.05, 0.1) is 6.42 Å². The lowest BCUT2D eigenvalue weighted by Crippen LogP contribution is -2.58. The molecule has 2 N–H and O–H groups in total. The number of urea groups is 1. The molecule has 1 atom stereocenters. The minimum Gasteiger partial charge on any atom is -0.477 e. The molecule has 0 aliphatic carbocycles. The van der Waals surface area contributed by atoms with Crippen LogP contribution < -0.4 is 10.1 Å². The van der Waals surface area contributed by atoms with Crippen LogP contribution in [0.25, 0.3) is 0 Å². The van der Waals surface area contributed by atoms with E-state index in [-0.39, 0.29) is 29.9 Å². The third-order valence-corrected chi connectivity index (χ3v) is 5.84. The molecule has 1 saturated heterocycles. The zero-order valence-corrected chi connectivity index (χ0v) is 20.3. The monoisotopic (exact) mass is 508 g/mol. The van der Waals surface area contributed by atoms with Crippen LogP contribution in [0.4, 0.5) is 10.5 Å². The first kappa shape index (κ1) is 25.0. The summed E-state index contributed by atoms with van der Waals surface area (Å²) in [6, 6.07) is 18.3. The van der Waals surface area contributed by atoms with Gasteiger partial charge in [-0.25, -0.2) is 14.6 Å². The van der Waals surface area contributed by atoms with Gasteiger partial charge in [0.2, 0.25) is 11.8 Å².